The first-order valence-corrected chi connectivity index (χ1v) is 16.0. The Kier molecular flexibility index (Phi) is 20.0. The van der Waals surface area contributed by atoms with E-state index in [4.69, 9.17) is 30.6 Å². The van der Waals surface area contributed by atoms with E-state index in [1.165, 1.54) is 22.3 Å². The third kappa shape index (κ3) is 18.8. The predicted octanol–water partition coefficient (Wildman–Crippen LogP) is 5.31. The van der Waals surface area contributed by atoms with Gasteiger partial charge in [-0.15, -0.1) is 20.2 Å². The van der Waals surface area contributed by atoms with Crippen LogP contribution in [0.2, 0.25) is 0 Å². The average Bonchev–Trinajstić information content (AvgIpc) is 3.07. The fraction of sp³-hybridized carbons (Fsp3) is 0.333. The fourth-order valence-corrected chi connectivity index (χ4v) is 5.58. The monoisotopic (exact) mass is 722 g/mol. The van der Waals surface area contributed by atoms with Gasteiger partial charge in [0.2, 0.25) is 0 Å². The molecule has 0 amide bonds. The molecule has 1 aliphatic rings. The van der Waals surface area contributed by atoms with Gasteiger partial charge in [0.05, 0.1) is 0 Å². The molecule has 0 spiro atoms. The summed E-state index contributed by atoms with van der Waals surface area (Å²) in [5, 5.41) is 27.3. The zero-order valence-corrected chi connectivity index (χ0v) is 30.9. The smallest absolute Gasteiger partial charge is 0.291 e. The van der Waals surface area contributed by atoms with Gasteiger partial charge in [-0.25, -0.2) is 0 Å². The van der Waals surface area contributed by atoms with Gasteiger partial charge in [-0.05, 0) is 22.3 Å². The summed E-state index contributed by atoms with van der Waals surface area (Å²) in [6, 6.07) is 43.9. The van der Waals surface area contributed by atoms with Crippen molar-refractivity contribution in [3.8, 4) is 0 Å². The largest absolute Gasteiger partial charge is 0.328 e. The van der Waals surface area contributed by atoms with Gasteiger partial charge in [0.15, 0.2) is 0 Å². The van der Waals surface area contributed by atoms with Crippen LogP contribution in [0.3, 0.4) is 0 Å². The molecule has 12 nitrogen and oxygen atoms in total. The van der Waals surface area contributed by atoms with Crippen molar-refractivity contribution in [2.75, 3.05) is 52.4 Å². The normalized spacial score (nSPS) is 15.0. The molecule has 1 heterocycles. The Labute approximate surface area is 301 Å². The van der Waals surface area contributed by atoms with Crippen molar-refractivity contribution >= 4 is 0 Å². The van der Waals surface area contributed by atoms with Gasteiger partial charge >= 0.3 is 0 Å². The van der Waals surface area contributed by atoms with Crippen molar-refractivity contribution in [1.29, 1.82) is 0 Å². The number of benzene rings is 4. The van der Waals surface area contributed by atoms with Gasteiger partial charge in [-0.3, -0.25) is 19.6 Å². The third-order valence-electron chi connectivity index (χ3n) is 7.93. The van der Waals surface area contributed by atoms with Gasteiger partial charge < -0.3 is 10.4 Å². The molecule has 2 N–H and O–H groups in total. The second kappa shape index (κ2) is 24.0. The van der Waals surface area contributed by atoms with Crippen LogP contribution < -0.4 is 0 Å². The van der Waals surface area contributed by atoms with Crippen molar-refractivity contribution in [3.05, 3.63) is 164 Å². The van der Waals surface area contributed by atoms with Gasteiger partial charge in [0, 0.05) is 98.0 Å². The zero-order chi connectivity index (χ0) is 34.4. The molecule has 0 aliphatic carbocycles. The summed E-state index contributed by atoms with van der Waals surface area (Å²) < 4.78 is 0. The molecule has 5 rings (SSSR count). The molecule has 4 aromatic rings. The Hall–Kier alpha value is -4.26. The van der Waals surface area contributed by atoms with Crippen LogP contribution in [0.25, 0.3) is 0 Å². The molecule has 0 aromatic heterocycles. The summed E-state index contributed by atoms with van der Waals surface area (Å²) in [6.45, 7) is 12.5. The van der Waals surface area contributed by atoms with E-state index in [1.807, 2.05) is 0 Å². The Morgan fingerprint density at radius 3 is 0.694 bits per heavy atom. The van der Waals surface area contributed by atoms with Crippen molar-refractivity contribution in [3.63, 3.8) is 0 Å². The number of hydrogen-bond donors (Lipinski definition) is 2. The first-order chi connectivity index (χ1) is 23.3. The molecule has 4 aromatic carbocycles. The van der Waals surface area contributed by atoms with Gasteiger partial charge in [-0.2, -0.15) is 0 Å². The quantitative estimate of drug-likeness (QED) is 0.140. The Bertz CT molecular complexity index is 1210. The van der Waals surface area contributed by atoms with Crippen LogP contribution in [0.15, 0.2) is 121 Å². The number of rotatable bonds is 8. The van der Waals surface area contributed by atoms with Crippen LogP contribution >= 0.6 is 0 Å². The maximum Gasteiger partial charge on any atom is 0.291 e. The van der Waals surface area contributed by atoms with Crippen molar-refractivity contribution in [1.82, 2.24) is 19.6 Å². The molecular weight excluding hydrogens is 678 g/mol. The van der Waals surface area contributed by atoms with E-state index < -0.39 is 10.2 Å². The minimum Gasteiger partial charge on any atom is -0.328 e. The SMILES string of the molecule is O=[N+]([O-])O.O=[N+]([O-])O.[Zn].c1ccc(CN2CCN(Cc3ccccc3)CCN(Cc3ccccc3)CCN(Cc3ccccc3)CC2)cc1. The topological polar surface area (TPSA) is 140 Å². The molecule has 13 heteroatoms. The molecule has 0 unspecified atom stereocenters. The molecule has 0 bridgehead atoms. The standard InChI is InChI=1S/C36H44N4.2HNO3.Zn/c1-5-13-33(14-6-1)29-37-21-23-38(30-34-15-7-2-8-16-34)25-27-40(32-36-19-11-4-12-20-36)28-26-39(24-22-37)31-35-17-9-3-10-18-35;2*2-1(3)4;/h1-20H,21-32H2;2*(H,2,3,4);. The Balaban J connectivity index is 0.000000837. The van der Waals surface area contributed by atoms with E-state index in [2.05, 4.69) is 141 Å². The van der Waals surface area contributed by atoms with Crippen LogP contribution in [0, 0.1) is 20.2 Å². The third-order valence-corrected chi connectivity index (χ3v) is 7.93. The maximum atomic E-state index is 8.36. The number of hydrogen-bond acceptors (Lipinski definition) is 8. The van der Waals surface area contributed by atoms with Crippen LogP contribution in [-0.2, 0) is 45.7 Å². The second-order valence-electron chi connectivity index (χ2n) is 11.5. The molecule has 0 atom stereocenters. The summed E-state index contributed by atoms with van der Waals surface area (Å²) in [6.07, 6.45) is 0. The number of nitrogens with zero attached hydrogens (tertiary/aromatic N) is 6. The molecule has 0 radical (unpaired) electrons. The minimum atomic E-state index is -1.50. The average molecular weight is 724 g/mol. The fourth-order valence-electron chi connectivity index (χ4n) is 5.58. The van der Waals surface area contributed by atoms with Gasteiger partial charge in [0.25, 0.3) is 10.2 Å². The van der Waals surface area contributed by atoms with Crippen LogP contribution in [0.1, 0.15) is 22.3 Å². The van der Waals surface area contributed by atoms with E-state index in [1.54, 1.807) is 0 Å². The first-order valence-electron chi connectivity index (χ1n) is 16.0. The second-order valence-corrected chi connectivity index (χ2v) is 11.5. The Morgan fingerprint density at radius 1 is 0.408 bits per heavy atom. The van der Waals surface area contributed by atoms with Gasteiger partial charge in [-0.1, -0.05) is 121 Å². The predicted molar refractivity (Wildman–Crippen MR) is 184 cm³/mol. The molecule has 1 saturated heterocycles. The Morgan fingerprint density at radius 2 is 0.551 bits per heavy atom. The molecule has 0 saturated carbocycles. The van der Waals surface area contributed by atoms with Crippen molar-refractivity contribution in [2.24, 2.45) is 0 Å². The van der Waals surface area contributed by atoms with E-state index >= 15 is 0 Å². The molecule has 1 fully saturated rings. The zero-order valence-electron chi connectivity index (χ0n) is 28.0. The molecular formula is C36H46N6O6Zn. The van der Waals surface area contributed by atoms with E-state index in [0.717, 1.165) is 78.5 Å². The summed E-state index contributed by atoms with van der Waals surface area (Å²) >= 11 is 0. The summed E-state index contributed by atoms with van der Waals surface area (Å²) in [5.41, 5.74) is 5.58. The van der Waals surface area contributed by atoms with Gasteiger partial charge in [0.1, 0.15) is 0 Å². The van der Waals surface area contributed by atoms with Crippen molar-refractivity contribution in [2.45, 2.75) is 26.2 Å². The molecule has 1 aliphatic heterocycles. The molecule has 258 valence electrons. The maximum absolute atomic E-state index is 8.36. The van der Waals surface area contributed by atoms with E-state index in [9.17, 15) is 0 Å². The first kappa shape index (κ1) is 40.9. The van der Waals surface area contributed by atoms with E-state index in [-0.39, 0.29) is 19.5 Å². The molecule has 49 heavy (non-hydrogen) atoms. The van der Waals surface area contributed by atoms with Crippen LogP contribution in [0.4, 0.5) is 0 Å². The van der Waals surface area contributed by atoms with Crippen molar-refractivity contribution < 1.29 is 40.1 Å². The summed E-state index contributed by atoms with van der Waals surface area (Å²) in [5.74, 6) is 0. The van der Waals surface area contributed by atoms with E-state index in [0.29, 0.717) is 0 Å². The summed E-state index contributed by atoms with van der Waals surface area (Å²) in [7, 11) is 0. The minimum absolute atomic E-state index is 0. The summed E-state index contributed by atoms with van der Waals surface area (Å²) in [4.78, 5) is 27.4. The van der Waals surface area contributed by atoms with Crippen LogP contribution in [-0.4, -0.2) is 92.5 Å². The van der Waals surface area contributed by atoms with Crippen LogP contribution in [0.5, 0.6) is 0 Å².